The number of hydroxylamine groups is 1. The number of carbonyl (C=O) groups is 2. The summed E-state index contributed by atoms with van der Waals surface area (Å²) in [6.45, 7) is -0.131. The highest BCUT2D eigenvalue weighted by molar-refractivity contribution is 7.99. The molecule has 0 aliphatic rings. The van der Waals surface area contributed by atoms with Crippen molar-refractivity contribution >= 4 is 23.8 Å². The second-order valence-electron chi connectivity index (χ2n) is 2.30. The van der Waals surface area contributed by atoms with Crippen LogP contribution in [0.5, 0.6) is 0 Å². The fourth-order valence-corrected chi connectivity index (χ4v) is 1.08. The molecule has 0 aliphatic heterocycles. The molecule has 0 rings (SSSR count). The summed E-state index contributed by atoms with van der Waals surface area (Å²) in [5, 5.41) is 10.6. The first-order chi connectivity index (χ1) is 7.16. The lowest BCUT2D eigenvalue weighted by Gasteiger charge is -2.05. The van der Waals surface area contributed by atoms with Crippen molar-refractivity contribution in [3.8, 4) is 12.3 Å². The third-order valence-corrected chi connectivity index (χ3v) is 1.94. The van der Waals surface area contributed by atoms with Crippen LogP contribution in [0.1, 0.15) is 0 Å². The van der Waals surface area contributed by atoms with Crippen molar-refractivity contribution in [1.82, 2.24) is 10.8 Å². The average Bonchev–Trinajstić information content (AvgIpc) is 2.17. The Balaban J connectivity index is 3.27. The molecule has 0 aromatic heterocycles. The summed E-state index contributed by atoms with van der Waals surface area (Å²) in [4.78, 5) is 25.2. The summed E-state index contributed by atoms with van der Waals surface area (Å²) in [6, 6.07) is -0.572. The van der Waals surface area contributed by atoms with Crippen LogP contribution >= 0.6 is 11.8 Å². The van der Waals surface area contributed by atoms with E-state index in [0.29, 0.717) is 18.1 Å². The first kappa shape index (κ1) is 13.6. The predicted octanol–water partition coefficient (Wildman–Crippen LogP) is -0.332. The highest BCUT2D eigenvalue weighted by atomic mass is 32.2. The van der Waals surface area contributed by atoms with Gasteiger partial charge in [-0.2, -0.15) is 0 Å². The topological polar surface area (TPSA) is 87.7 Å². The van der Waals surface area contributed by atoms with Gasteiger partial charge in [0.15, 0.2) is 6.61 Å². The smallest absolute Gasteiger partial charge is 0.338 e. The van der Waals surface area contributed by atoms with E-state index in [1.807, 2.05) is 5.48 Å². The lowest BCUT2D eigenvalue weighted by Crippen LogP contribution is -2.37. The second kappa shape index (κ2) is 9.18. The van der Waals surface area contributed by atoms with Crippen LogP contribution < -0.4 is 10.8 Å². The van der Waals surface area contributed by atoms with Crippen molar-refractivity contribution in [1.29, 1.82) is 0 Å². The SMILES string of the molecule is C#CCSCCNC(=O)NOCC(=O)O. The number of carboxylic acid groups (broad SMARTS) is 1. The normalized spacial score (nSPS) is 9.00. The van der Waals surface area contributed by atoms with E-state index in [1.54, 1.807) is 0 Å². The number of carbonyl (C=O) groups excluding carboxylic acids is 1. The molecule has 0 aliphatic carbocycles. The molecule has 15 heavy (non-hydrogen) atoms. The zero-order valence-electron chi connectivity index (χ0n) is 7.99. The van der Waals surface area contributed by atoms with Crippen molar-refractivity contribution in [2.24, 2.45) is 0 Å². The molecule has 0 aromatic rings. The third kappa shape index (κ3) is 10.5. The van der Waals surface area contributed by atoms with Gasteiger partial charge in [0.25, 0.3) is 0 Å². The van der Waals surface area contributed by atoms with E-state index in [2.05, 4.69) is 16.1 Å². The van der Waals surface area contributed by atoms with Crippen LogP contribution in [0.15, 0.2) is 0 Å². The van der Waals surface area contributed by atoms with E-state index in [-0.39, 0.29) is 0 Å². The molecule has 0 unspecified atom stereocenters. The fraction of sp³-hybridized carbons (Fsp3) is 0.500. The van der Waals surface area contributed by atoms with Gasteiger partial charge in [0, 0.05) is 12.3 Å². The zero-order valence-corrected chi connectivity index (χ0v) is 8.80. The van der Waals surface area contributed by atoms with Crippen LogP contribution in [0.25, 0.3) is 0 Å². The average molecular weight is 232 g/mol. The van der Waals surface area contributed by atoms with Crippen LogP contribution in [-0.2, 0) is 9.63 Å². The number of amides is 2. The third-order valence-electron chi connectivity index (χ3n) is 1.08. The van der Waals surface area contributed by atoms with Gasteiger partial charge in [-0.05, 0) is 0 Å². The molecule has 0 atom stereocenters. The summed E-state index contributed by atoms with van der Waals surface area (Å²) >= 11 is 1.51. The van der Waals surface area contributed by atoms with Gasteiger partial charge in [0.2, 0.25) is 0 Å². The van der Waals surface area contributed by atoms with Crippen LogP contribution in [0.4, 0.5) is 4.79 Å². The van der Waals surface area contributed by atoms with Crippen molar-refractivity contribution < 1.29 is 19.5 Å². The molecule has 84 valence electrons. The molecule has 0 radical (unpaired) electrons. The summed E-state index contributed by atoms with van der Waals surface area (Å²) in [5.74, 6) is 2.58. The van der Waals surface area contributed by atoms with Gasteiger partial charge < -0.3 is 10.4 Å². The second-order valence-corrected chi connectivity index (χ2v) is 3.40. The first-order valence-corrected chi connectivity index (χ1v) is 5.21. The number of rotatable bonds is 7. The Morgan fingerprint density at radius 3 is 2.87 bits per heavy atom. The maximum absolute atomic E-state index is 10.9. The predicted molar refractivity (Wildman–Crippen MR) is 56.3 cm³/mol. The zero-order chi connectivity index (χ0) is 11.5. The number of nitrogens with one attached hydrogen (secondary N) is 2. The van der Waals surface area contributed by atoms with E-state index in [0.717, 1.165) is 0 Å². The number of thioether (sulfide) groups is 1. The van der Waals surface area contributed by atoms with E-state index >= 15 is 0 Å². The standard InChI is InChI=1S/C8H12N2O4S/c1-2-4-15-5-3-9-8(13)10-14-6-7(11)12/h1H,3-6H2,(H,11,12)(H2,9,10,13). The number of aliphatic carboxylic acids is 1. The first-order valence-electron chi connectivity index (χ1n) is 4.05. The van der Waals surface area contributed by atoms with Crippen molar-refractivity contribution in [2.45, 2.75) is 0 Å². The van der Waals surface area contributed by atoms with Crippen LogP contribution in [-0.4, -0.2) is 41.8 Å². The summed E-state index contributed by atoms with van der Waals surface area (Å²) in [6.07, 6.45) is 5.02. The molecule has 0 aromatic carbocycles. The maximum atomic E-state index is 10.9. The number of carboxylic acids is 1. The van der Waals surface area contributed by atoms with E-state index in [1.165, 1.54) is 11.8 Å². The molecule has 6 nitrogen and oxygen atoms in total. The van der Waals surface area contributed by atoms with Gasteiger partial charge in [-0.25, -0.2) is 15.1 Å². The Hall–Kier alpha value is -1.39. The number of hydrogen-bond donors (Lipinski definition) is 3. The minimum atomic E-state index is -1.15. The molecule has 3 N–H and O–H groups in total. The molecule has 0 saturated carbocycles. The Kier molecular flexibility index (Phi) is 8.33. The summed E-state index contributed by atoms with van der Waals surface area (Å²) in [5.41, 5.74) is 1.92. The van der Waals surface area contributed by atoms with Gasteiger partial charge in [0.1, 0.15) is 0 Å². The van der Waals surface area contributed by atoms with Gasteiger partial charge in [-0.3, -0.25) is 4.84 Å². The van der Waals surface area contributed by atoms with Crippen LogP contribution in [0.3, 0.4) is 0 Å². The highest BCUT2D eigenvalue weighted by Gasteiger charge is 2.01. The lowest BCUT2D eigenvalue weighted by atomic mass is 10.7. The summed E-state index contributed by atoms with van der Waals surface area (Å²) in [7, 11) is 0. The minimum Gasteiger partial charge on any atom is -0.479 e. The molecule has 0 fully saturated rings. The number of urea groups is 1. The van der Waals surface area contributed by atoms with Gasteiger partial charge in [-0.15, -0.1) is 18.2 Å². The fourth-order valence-electron chi connectivity index (χ4n) is 0.567. The quantitative estimate of drug-likeness (QED) is 0.318. The summed E-state index contributed by atoms with van der Waals surface area (Å²) < 4.78 is 0. The number of terminal acetylenes is 1. The van der Waals surface area contributed by atoms with E-state index < -0.39 is 18.6 Å². The largest absolute Gasteiger partial charge is 0.479 e. The monoisotopic (exact) mass is 232 g/mol. The van der Waals surface area contributed by atoms with Crippen molar-refractivity contribution in [3.05, 3.63) is 0 Å². The highest BCUT2D eigenvalue weighted by Crippen LogP contribution is 1.94. The molecule has 0 bridgehead atoms. The Labute approximate surface area is 91.7 Å². The van der Waals surface area contributed by atoms with Crippen molar-refractivity contribution in [3.63, 3.8) is 0 Å². The Bertz CT molecular complexity index is 252. The van der Waals surface area contributed by atoms with Crippen LogP contribution in [0.2, 0.25) is 0 Å². The molecular formula is C8H12N2O4S. The van der Waals surface area contributed by atoms with E-state index in [9.17, 15) is 9.59 Å². The maximum Gasteiger partial charge on any atom is 0.338 e. The molecule has 0 saturated heterocycles. The van der Waals surface area contributed by atoms with E-state index in [4.69, 9.17) is 11.5 Å². The molecule has 2 amide bonds. The van der Waals surface area contributed by atoms with Gasteiger partial charge >= 0.3 is 12.0 Å². The minimum absolute atomic E-state index is 0.439. The lowest BCUT2D eigenvalue weighted by molar-refractivity contribution is -0.144. The molecule has 7 heteroatoms. The molecular weight excluding hydrogens is 220 g/mol. The van der Waals surface area contributed by atoms with Gasteiger partial charge in [-0.1, -0.05) is 5.92 Å². The number of hydrogen-bond acceptors (Lipinski definition) is 4. The molecule has 0 heterocycles. The van der Waals surface area contributed by atoms with Crippen LogP contribution in [0, 0.1) is 12.3 Å². The van der Waals surface area contributed by atoms with Gasteiger partial charge in [0.05, 0.1) is 5.75 Å². The Morgan fingerprint density at radius 1 is 1.53 bits per heavy atom. The molecule has 0 spiro atoms. The van der Waals surface area contributed by atoms with Crippen molar-refractivity contribution in [2.75, 3.05) is 24.7 Å². The Morgan fingerprint density at radius 2 is 2.27 bits per heavy atom.